The molecule has 0 radical (unpaired) electrons. The number of hydrogen-bond donors (Lipinski definition) is 3. The molecule has 2 rings (SSSR count). The Morgan fingerprint density at radius 1 is 1.04 bits per heavy atom. The Morgan fingerprint density at radius 3 is 2.44 bits per heavy atom. The summed E-state index contributed by atoms with van der Waals surface area (Å²) in [6.45, 7) is 1.87. The van der Waals surface area contributed by atoms with Gasteiger partial charge in [-0.15, -0.1) is 35.7 Å². The van der Waals surface area contributed by atoms with E-state index >= 15 is 0 Å². The number of furan rings is 1. The zero-order valence-corrected chi connectivity index (χ0v) is 17.2. The van der Waals surface area contributed by atoms with Gasteiger partial charge < -0.3 is 20.4 Å². The molecule has 136 valence electrons. The van der Waals surface area contributed by atoms with Gasteiger partial charge in [0.05, 0.1) is 6.26 Å². The van der Waals surface area contributed by atoms with Crippen molar-refractivity contribution in [2.45, 2.75) is 4.90 Å². The molecule has 0 saturated heterocycles. The van der Waals surface area contributed by atoms with E-state index in [-0.39, 0.29) is 29.9 Å². The third-order valence-electron chi connectivity index (χ3n) is 3.08. The normalized spacial score (nSPS) is 10.7. The number of hydrogen-bond acceptors (Lipinski definition) is 4. The van der Waals surface area contributed by atoms with Gasteiger partial charge in [-0.3, -0.25) is 9.79 Å². The van der Waals surface area contributed by atoms with Crippen molar-refractivity contribution >= 4 is 47.6 Å². The highest BCUT2D eigenvalue weighted by Crippen LogP contribution is 2.15. The molecule has 1 aromatic carbocycles. The minimum atomic E-state index is -0.219. The Labute approximate surface area is 169 Å². The first-order valence-electron chi connectivity index (χ1n) is 7.73. The summed E-state index contributed by atoms with van der Waals surface area (Å²) in [5.41, 5.74) is 0. The highest BCUT2D eigenvalue weighted by Gasteiger charge is 2.06. The average Bonchev–Trinajstić information content (AvgIpc) is 3.16. The molecule has 0 spiro atoms. The summed E-state index contributed by atoms with van der Waals surface area (Å²) in [5, 5.41) is 9.17. The maximum Gasteiger partial charge on any atom is 0.287 e. The van der Waals surface area contributed by atoms with Crippen LogP contribution in [0.2, 0.25) is 0 Å². The molecule has 1 aromatic heterocycles. The van der Waals surface area contributed by atoms with Crippen molar-refractivity contribution in [1.82, 2.24) is 16.0 Å². The van der Waals surface area contributed by atoms with E-state index in [9.17, 15) is 4.79 Å². The zero-order valence-electron chi connectivity index (χ0n) is 14.0. The maximum absolute atomic E-state index is 11.7. The van der Waals surface area contributed by atoms with E-state index < -0.39 is 0 Å². The Morgan fingerprint density at radius 2 is 1.76 bits per heavy atom. The summed E-state index contributed by atoms with van der Waals surface area (Å²) >= 11 is 1.79. The number of nitrogens with zero attached hydrogens (tertiary/aromatic N) is 1. The van der Waals surface area contributed by atoms with Crippen LogP contribution in [0.15, 0.2) is 63.0 Å². The number of nitrogens with one attached hydrogen (secondary N) is 3. The number of amides is 1. The van der Waals surface area contributed by atoms with Crippen molar-refractivity contribution in [1.29, 1.82) is 0 Å². The Kier molecular flexibility index (Phi) is 10.8. The van der Waals surface area contributed by atoms with Crippen LogP contribution in [0.4, 0.5) is 0 Å². The van der Waals surface area contributed by atoms with Crippen LogP contribution < -0.4 is 16.0 Å². The van der Waals surface area contributed by atoms with Gasteiger partial charge in [0.1, 0.15) is 0 Å². The summed E-state index contributed by atoms with van der Waals surface area (Å²) in [7, 11) is 1.72. The number of guanidine groups is 1. The molecule has 3 N–H and O–H groups in total. The molecule has 0 unspecified atom stereocenters. The van der Waals surface area contributed by atoms with Crippen LogP contribution in [0.5, 0.6) is 0 Å². The maximum atomic E-state index is 11.7. The van der Waals surface area contributed by atoms with Crippen molar-refractivity contribution in [2.24, 2.45) is 4.99 Å². The molecule has 0 saturated carbocycles. The Bertz CT molecular complexity index is 635. The third kappa shape index (κ3) is 8.30. The van der Waals surface area contributed by atoms with Gasteiger partial charge >= 0.3 is 0 Å². The standard InChI is InChI=1S/C17H22N4O2S.HI/c1-18-17(21-11-13-24-14-6-3-2-4-7-14)20-10-9-19-16(22)15-8-5-12-23-15;/h2-8,12H,9-11,13H2,1H3,(H,19,22)(H2,18,20,21);1H. The minimum absolute atomic E-state index is 0. The van der Waals surface area contributed by atoms with Gasteiger partial charge in [0, 0.05) is 37.3 Å². The Balaban J connectivity index is 0.00000312. The van der Waals surface area contributed by atoms with Crippen LogP contribution >= 0.6 is 35.7 Å². The summed E-state index contributed by atoms with van der Waals surface area (Å²) in [4.78, 5) is 17.1. The third-order valence-corrected chi connectivity index (χ3v) is 4.09. The lowest BCUT2D eigenvalue weighted by atomic mass is 10.4. The summed E-state index contributed by atoms with van der Waals surface area (Å²) in [5.74, 6) is 1.76. The molecular weight excluding hydrogens is 451 g/mol. The van der Waals surface area contributed by atoms with Crippen LogP contribution in [0.3, 0.4) is 0 Å². The van der Waals surface area contributed by atoms with E-state index in [0.29, 0.717) is 18.8 Å². The molecule has 1 amide bonds. The number of benzene rings is 1. The Hall–Kier alpha value is -1.68. The molecule has 6 nitrogen and oxygen atoms in total. The van der Waals surface area contributed by atoms with Crippen LogP contribution in [-0.2, 0) is 0 Å². The van der Waals surface area contributed by atoms with Gasteiger partial charge in [-0.05, 0) is 24.3 Å². The molecule has 1 heterocycles. The van der Waals surface area contributed by atoms with Gasteiger partial charge in [-0.2, -0.15) is 0 Å². The molecule has 0 bridgehead atoms. The molecule has 0 aliphatic carbocycles. The largest absolute Gasteiger partial charge is 0.459 e. The van der Waals surface area contributed by atoms with E-state index in [4.69, 9.17) is 4.42 Å². The molecule has 0 atom stereocenters. The zero-order chi connectivity index (χ0) is 17.0. The van der Waals surface area contributed by atoms with Crippen LogP contribution in [0, 0.1) is 0 Å². The minimum Gasteiger partial charge on any atom is -0.459 e. The second-order valence-electron chi connectivity index (χ2n) is 4.82. The van der Waals surface area contributed by atoms with Crippen LogP contribution in [0.1, 0.15) is 10.6 Å². The average molecular weight is 474 g/mol. The fourth-order valence-electron chi connectivity index (χ4n) is 1.93. The predicted molar refractivity (Wildman–Crippen MR) is 113 cm³/mol. The van der Waals surface area contributed by atoms with Gasteiger partial charge in [0.2, 0.25) is 0 Å². The van der Waals surface area contributed by atoms with Crippen molar-refractivity contribution < 1.29 is 9.21 Å². The number of thioether (sulfide) groups is 1. The molecule has 0 aliphatic rings. The molecule has 0 aliphatic heterocycles. The molecule has 8 heteroatoms. The smallest absolute Gasteiger partial charge is 0.287 e. The number of aliphatic imine (C=N–C) groups is 1. The molecule has 25 heavy (non-hydrogen) atoms. The second-order valence-corrected chi connectivity index (χ2v) is 5.99. The van der Waals surface area contributed by atoms with E-state index in [2.05, 4.69) is 33.1 Å². The quantitative estimate of drug-likeness (QED) is 0.180. The molecular formula is C17H23IN4O2S. The van der Waals surface area contributed by atoms with Gasteiger partial charge in [-0.1, -0.05) is 18.2 Å². The van der Waals surface area contributed by atoms with Crippen molar-refractivity contribution in [3.63, 3.8) is 0 Å². The lowest BCUT2D eigenvalue weighted by Gasteiger charge is -2.12. The monoisotopic (exact) mass is 474 g/mol. The van der Waals surface area contributed by atoms with E-state index in [1.165, 1.54) is 11.2 Å². The van der Waals surface area contributed by atoms with Crippen LogP contribution in [0.25, 0.3) is 0 Å². The topological polar surface area (TPSA) is 78.7 Å². The van der Waals surface area contributed by atoms with E-state index in [1.807, 2.05) is 18.2 Å². The SMILES string of the molecule is CN=C(NCCNC(=O)c1ccco1)NCCSc1ccccc1.I. The first kappa shape index (κ1) is 21.4. The van der Waals surface area contributed by atoms with Crippen molar-refractivity contribution in [3.05, 3.63) is 54.5 Å². The highest BCUT2D eigenvalue weighted by atomic mass is 127. The first-order chi connectivity index (χ1) is 11.8. The number of carbonyl (C=O) groups is 1. The number of carbonyl (C=O) groups excluding carboxylic acids is 1. The summed E-state index contributed by atoms with van der Waals surface area (Å²) in [6.07, 6.45) is 1.48. The van der Waals surface area contributed by atoms with Gasteiger partial charge in [0.15, 0.2) is 11.7 Å². The summed E-state index contributed by atoms with van der Waals surface area (Å²) in [6, 6.07) is 13.6. The second kappa shape index (κ2) is 12.6. The van der Waals surface area contributed by atoms with Gasteiger partial charge in [0.25, 0.3) is 5.91 Å². The van der Waals surface area contributed by atoms with Crippen LogP contribution in [-0.4, -0.2) is 44.3 Å². The van der Waals surface area contributed by atoms with E-state index in [0.717, 1.165) is 18.3 Å². The van der Waals surface area contributed by atoms with Crippen molar-refractivity contribution in [3.8, 4) is 0 Å². The lowest BCUT2D eigenvalue weighted by Crippen LogP contribution is -2.42. The molecule has 0 fully saturated rings. The van der Waals surface area contributed by atoms with E-state index in [1.54, 1.807) is 30.9 Å². The first-order valence-corrected chi connectivity index (χ1v) is 8.72. The number of rotatable bonds is 8. The fourth-order valence-corrected chi connectivity index (χ4v) is 2.72. The predicted octanol–water partition coefficient (Wildman–Crippen LogP) is 2.58. The van der Waals surface area contributed by atoms with Crippen molar-refractivity contribution in [2.75, 3.05) is 32.4 Å². The van der Waals surface area contributed by atoms with Gasteiger partial charge in [-0.25, -0.2) is 0 Å². The summed E-state index contributed by atoms with van der Waals surface area (Å²) < 4.78 is 5.03. The number of halogens is 1. The molecule has 2 aromatic rings. The fraction of sp³-hybridized carbons (Fsp3) is 0.294. The lowest BCUT2D eigenvalue weighted by molar-refractivity contribution is 0.0926. The highest BCUT2D eigenvalue weighted by molar-refractivity contribution is 14.0.